The van der Waals surface area contributed by atoms with Crippen molar-refractivity contribution >= 4 is 5.91 Å². The van der Waals surface area contributed by atoms with Gasteiger partial charge in [-0.3, -0.25) is 4.79 Å². The third-order valence-electron chi connectivity index (χ3n) is 1.45. The van der Waals surface area contributed by atoms with Gasteiger partial charge in [0.1, 0.15) is 0 Å². The fraction of sp³-hybridized carbons (Fsp3) is 0.875. The summed E-state index contributed by atoms with van der Waals surface area (Å²) in [5, 5.41) is 0. The Kier molecular flexibility index (Phi) is 6.70. The Hall–Kier alpha value is -0.610. The minimum atomic E-state index is 0.0998. The predicted octanol–water partition coefficient (Wildman–Crippen LogP) is -0.170. The van der Waals surface area contributed by atoms with Gasteiger partial charge in [-0.2, -0.15) is 0 Å². The molecule has 1 amide bonds. The Bertz CT molecular complexity index is 126. The van der Waals surface area contributed by atoms with Crippen molar-refractivity contribution in [1.82, 2.24) is 4.90 Å². The third kappa shape index (κ3) is 6.12. The van der Waals surface area contributed by atoms with E-state index in [1.165, 1.54) is 0 Å². The molecule has 0 rings (SSSR count). The van der Waals surface area contributed by atoms with Gasteiger partial charge in [-0.05, 0) is 13.0 Å². The lowest BCUT2D eigenvalue weighted by atomic mass is 10.4. The van der Waals surface area contributed by atoms with E-state index < -0.39 is 0 Å². The molecule has 0 aliphatic rings. The van der Waals surface area contributed by atoms with E-state index in [4.69, 9.17) is 10.5 Å². The number of nitrogens with two attached hydrogens (primary N) is 1. The first-order valence-corrected chi connectivity index (χ1v) is 4.16. The van der Waals surface area contributed by atoms with Crippen LogP contribution in [0.5, 0.6) is 0 Å². The SMILES string of the molecule is CN(C)C(=O)CCOCCCN. The van der Waals surface area contributed by atoms with Crippen LogP contribution < -0.4 is 5.73 Å². The lowest BCUT2D eigenvalue weighted by Crippen LogP contribution is -2.23. The molecule has 12 heavy (non-hydrogen) atoms. The van der Waals surface area contributed by atoms with E-state index in [0.29, 0.717) is 26.2 Å². The zero-order chi connectivity index (χ0) is 9.40. The smallest absolute Gasteiger partial charge is 0.224 e. The summed E-state index contributed by atoms with van der Waals surface area (Å²) in [5.41, 5.74) is 5.26. The molecular formula is C8H18N2O2. The summed E-state index contributed by atoms with van der Waals surface area (Å²) in [6.45, 7) is 1.79. The summed E-state index contributed by atoms with van der Waals surface area (Å²) in [7, 11) is 3.48. The van der Waals surface area contributed by atoms with Crippen LogP contribution in [-0.4, -0.2) is 44.7 Å². The van der Waals surface area contributed by atoms with Crippen molar-refractivity contribution < 1.29 is 9.53 Å². The predicted molar refractivity (Wildman–Crippen MR) is 47.8 cm³/mol. The van der Waals surface area contributed by atoms with Crippen LogP contribution in [0, 0.1) is 0 Å². The molecular weight excluding hydrogens is 156 g/mol. The molecule has 2 N–H and O–H groups in total. The Balaban J connectivity index is 3.14. The molecule has 0 aromatic heterocycles. The summed E-state index contributed by atoms with van der Waals surface area (Å²) < 4.78 is 5.17. The fourth-order valence-electron chi connectivity index (χ4n) is 0.671. The van der Waals surface area contributed by atoms with Crippen LogP contribution in [0.25, 0.3) is 0 Å². The van der Waals surface area contributed by atoms with Gasteiger partial charge < -0.3 is 15.4 Å². The molecule has 0 spiro atoms. The Labute approximate surface area is 73.7 Å². The van der Waals surface area contributed by atoms with Crippen molar-refractivity contribution in [3.63, 3.8) is 0 Å². The quantitative estimate of drug-likeness (QED) is 0.569. The van der Waals surface area contributed by atoms with Crippen molar-refractivity contribution in [3.8, 4) is 0 Å². The molecule has 4 nitrogen and oxygen atoms in total. The first-order chi connectivity index (χ1) is 5.68. The number of carbonyl (C=O) groups excluding carboxylic acids is 1. The molecule has 0 aliphatic heterocycles. The first-order valence-electron chi connectivity index (χ1n) is 4.16. The number of amides is 1. The van der Waals surface area contributed by atoms with Gasteiger partial charge in [-0.15, -0.1) is 0 Å². The molecule has 0 saturated carbocycles. The number of hydrogen-bond acceptors (Lipinski definition) is 3. The highest BCUT2D eigenvalue weighted by atomic mass is 16.5. The zero-order valence-corrected chi connectivity index (χ0v) is 7.88. The summed E-state index contributed by atoms with van der Waals surface area (Å²) in [4.78, 5) is 12.6. The molecule has 72 valence electrons. The zero-order valence-electron chi connectivity index (χ0n) is 7.88. The summed E-state index contributed by atoms with van der Waals surface area (Å²) in [6, 6.07) is 0. The maximum atomic E-state index is 11.0. The molecule has 0 unspecified atom stereocenters. The van der Waals surface area contributed by atoms with E-state index in [0.717, 1.165) is 6.42 Å². The molecule has 0 radical (unpaired) electrons. The van der Waals surface area contributed by atoms with Crippen LogP contribution in [0.15, 0.2) is 0 Å². The molecule has 0 heterocycles. The molecule has 0 fully saturated rings. The van der Waals surface area contributed by atoms with Gasteiger partial charge in [0.05, 0.1) is 13.0 Å². The van der Waals surface area contributed by atoms with Gasteiger partial charge in [0.25, 0.3) is 0 Å². The first kappa shape index (κ1) is 11.4. The van der Waals surface area contributed by atoms with E-state index in [2.05, 4.69) is 0 Å². The molecule has 0 aromatic carbocycles. The standard InChI is InChI=1S/C8H18N2O2/c1-10(2)8(11)4-7-12-6-3-5-9/h3-7,9H2,1-2H3. The molecule has 4 heteroatoms. The van der Waals surface area contributed by atoms with E-state index in [1.54, 1.807) is 19.0 Å². The van der Waals surface area contributed by atoms with Gasteiger partial charge in [0.15, 0.2) is 0 Å². The topological polar surface area (TPSA) is 55.6 Å². The summed E-state index contributed by atoms with van der Waals surface area (Å²) in [6.07, 6.45) is 1.31. The second-order valence-corrected chi connectivity index (χ2v) is 2.79. The maximum absolute atomic E-state index is 11.0. The minimum Gasteiger partial charge on any atom is -0.381 e. The number of hydrogen-bond donors (Lipinski definition) is 1. The van der Waals surface area contributed by atoms with Gasteiger partial charge in [-0.25, -0.2) is 0 Å². The average molecular weight is 174 g/mol. The van der Waals surface area contributed by atoms with Crippen LogP contribution in [-0.2, 0) is 9.53 Å². The lowest BCUT2D eigenvalue weighted by molar-refractivity contribution is -0.129. The van der Waals surface area contributed by atoms with E-state index >= 15 is 0 Å². The Morgan fingerprint density at radius 3 is 2.58 bits per heavy atom. The lowest BCUT2D eigenvalue weighted by Gasteiger charge is -2.09. The number of ether oxygens (including phenoxy) is 1. The molecule has 0 aliphatic carbocycles. The van der Waals surface area contributed by atoms with E-state index in [9.17, 15) is 4.79 Å². The van der Waals surface area contributed by atoms with Crippen LogP contribution in [0.4, 0.5) is 0 Å². The largest absolute Gasteiger partial charge is 0.381 e. The molecule has 0 atom stereocenters. The van der Waals surface area contributed by atoms with Gasteiger partial charge >= 0.3 is 0 Å². The monoisotopic (exact) mass is 174 g/mol. The van der Waals surface area contributed by atoms with Crippen LogP contribution >= 0.6 is 0 Å². The summed E-state index contributed by atoms with van der Waals surface area (Å²) >= 11 is 0. The van der Waals surface area contributed by atoms with Crippen molar-refractivity contribution in [2.75, 3.05) is 33.9 Å². The fourth-order valence-corrected chi connectivity index (χ4v) is 0.671. The highest BCUT2D eigenvalue weighted by Crippen LogP contribution is 1.89. The van der Waals surface area contributed by atoms with E-state index in [-0.39, 0.29) is 5.91 Å². The molecule has 0 saturated heterocycles. The highest BCUT2D eigenvalue weighted by molar-refractivity contribution is 5.75. The number of nitrogens with zero attached hydrogens (tertiary/aromatic N) is 1. The number of carbonyl (C=O) groups is 1. The van der Waals surface area contributed by atoms with Gasteiger partial charge in [0, 0.05) is 20.7 Å². The Morgan fingerprint density at radius 1 is 1.42 bits per heavy atom. The van der Waals surface area contributed by atoms with Crippen LogP contribution in [0.1, 0.15) is 12.8 Å². The van der Waals surface area contributed by atoms with Crippen molar-refractivity contribution in [1.29, 1.82) is 0 Å². The molecule has 0 aromatic rings. The Morgan fingerprint density at radius 2 is 2.08 bits per heavy atom. The number of rotatable bonds is 6. The third-order valence-corrected chi connectivity index (χ3v) is 1.45. The second-order valence-electron chi connectivity index (χ2n) is 2.79. The van der Waals surface area contributed by atoms with Crippen LogP contribution in [0.3, 0.4) is 0 Å². The minimum absolute atomic E-state index is 0.0998. The van der Waals surface area contributed by atoms with Crippen LogP contribution in [0.2, 0.25) is 0 Å². The average Bonchev–Trinajstić information content (AvgIpc) is 2.03. The van der Waals surface area contributed by atoms with Crippen molar-refractivity contribution in [2.24, 2.45) is 5.73 Å². The van der Waals surface area contributed by atoms with E-state index in [1.807, 2.05) is 0 Å². The molecule has 0 bridgehead atoms. The normalized spacial score (nSPS) is 9.92. The van der Waals surface area contributed by atoms with Gasteiger partial charge in [0.2, 0.25) is 5.91 Å². The second kappa shape index (κ2) is 7.06. The summed E-state index contributed by atoms with van der Waals surface area (Å²) in [5.74, 6) is 0.0998. The van der Waals surface area contributed by atoms with Gasteiger partial charge in [-0.1, -0.05) is 0 Å². The van der Waals surface area contributed by atoms with Crippen molar-refractivity contribution in [2.45, 2.75) is 12.8 Å². The highest BCUT2D eigenvalue weighted by Gasteiger charge is 2.02. The van der Waals surface area contributed by atoms with Crippen molar-refractivity contribution in [3.05, 3.63) is 0 Å². The maximum Gasteiger partial charge on any atom is 0.224 e.